The molecule has 20 heavy (non-hydrogen) atoms. The van der Waals surface area contributed by atoms with Gasteiger partial charge in [0.05, 0.1) is 18.6 Å². The summed E-state index contributed by atoms with van der Waals surface area (Å²) in [5.41, 5.74) is 12.3. The molecule has 0 atom stereocenters. The molecule has 2 aromatic rings. The number of hydrogen-bond donors (Lipinski definition) is 1. The summed E-state index contributed by atoms with van der Waals surface area (Å²) in [5, 5.41) is 0. The Hall–Kier alpha value is -1.64. The van der Waals surface area contributed by atoms with Gasteiger partial charge in [0.15, 0.2) is 0 Å². The van der Waals surface area contributed by atoms with Crippen molar-refractivity contribution in [1.29, 1.82) is 0 Å². The van der Waals surface area contributed by atoms with Gasteiger partial charge in [0.1, 0.15) is 0 Å². The third kappa shape index (κ3) is 2.05. The summed E-state index contributed by atoms with van der Waals surface area (Å²) in [6.07, 6.45) is 0. The summed E-state index contributed by atoms with van der Waals surface area (Å²) in [6.45, 7) is 6.41. The van der Waals surface area contributed by atoms with Crippen LogP contribution in [-0.4, -0.2) is 13.2 Å². The van der Waals surface area contributed by atoms with E-state index in [0.29, 0.717) is 6.54 Å². The van der Waals surface area contributed by atoms with Crippen molar-refractivity contribution in [1.82, 2.24) is 0 Å². The molecule has 1 fully saturated rings. The molecule has 1 saturated heterocycles. The average molecular weight is 267 g/mol. The van der Waals surface area contributed by atoms with Gasteiger partial charge in [0.2, 0.25) is 0 Å². The van der Waals surface area contributed by atoms with E-state index in [1.54, 1.807) is 0 Å². The summed E-state index contributed by atoms with van der Waals surface area (Å²) in [6, 6.07) is 15.3. The number of hydrogen-bond acceptors (Lipinski definition) is 2. The van der Waals surface area contributed by atoms with Gasteiger partial charge in [-0.25, -0.2) is 0 Å². The number of ether oxygens (including phenoxy) is 1. The van der Waals surface area contributed by atoms with Gasteiger partial charge in [-0.2, -0.15) is 0 Å². The van der Waals surface area contributed by atoms with E-state index in [0.717, 1.165) is 13.2 Å². The van der Waals surface area contributed by atoms with E-state index >= 15 is 0 Å². The second-order valence-corrected chi connectivity index (χ2v) is 5.78. The second-order valence-electron chi connectivity index (χ2n) is 5.78. The maximum atomic E-state index is 5.77. The van der Waals surface area contributed by atoms with E-state index in [2.05, 4.69) is 56.3 Å². The van der Waals surface area contributed by atoms with Crippen molar-refractivity contribution < 1.29 is 4.74 Å². The zero-order chi connectivity index (χ0) is 14.2. The SMILES string of the molecule is Cc1ccc(C2(c3cccc(CN)c3)COC2)cc1C. The minimum Gasteiger partial charge on any atom is -0.379 e. The van der Waals surface area contributed by atoms with Crippen molar-refractivity contribution in [3.63, 3.8) is 0 Å². The van der Waals surface area contributed by atoms with Crippen LogP contribution < -0.4 is 5.73 Å². The molecule has 2 N–H and O–H groups in total. The molecule has 2 aromatic carbocycles. The third-order valence-electron chi connectivity index (χ3n) is 4.47. The van der Waals surface area contributed by atoms with Gasteiger partial charge in [-0.15, -0.1) is 0 Å². The van der Waals surface area contributed by atoms with Crippen LogP contribution in [0.2, 0.25) is 0 Å². The maximum Gasteiger partial charge on any atom is 0.0669 e. The van der Waals surface area contributed by atoms with Gasteiger partial charge in [0, 0.05) is 6.54 Å². The summed E-state index contributed by atoms with van der Waals surface area (Å²) in [7, 11) is 0. The van der Waals surface area contributed by atoms with E-state index < -0.39 is 0 Å². The first-order chi connectivity index (χ1) is 9.65. The molecule has 1 heterocycles. The van der Waals surface area contributed by atoms with Crippen LogP contribution in [0.15, 0.2) is 42.5 Å². The van der Waals surface area contributed by atoms with Gasteiger partial charge in [-0.3, -0.25) is 0 Å². The van der Waals surface area contributed by atoms with Crippen molar-refractivity contribution >= 4 is 0 Å². The number of rotatable bonds is 3. The molecule has 2 heteroatoms. The molecule has 1 aliphatic heterocycles. The fourth-order valence-corrected chi connectivity index (χ4v) is 2.84. The van der Waals surface area contributed by atoms with Crippen LogP contribution in [0, 0.1) is 13.8 Å². The minimum atomic E-state index is 0.00361. The van der Waals surface area contributed by atoms with Crippen LogP contribution in [0.3, 0.4) is 0 Å². The summed E-state index contributed by atoms with van der Waals surface area (Å²) >= 11 is 0. The zero-order valence-corrected chi connectivity index (χ0v) is 12.1. The Bertz CT molecular complexity index is 629. The fraction of sp³-hybridized carbons (Fsp3) is 0.333. The predicted octanol–water partition coefficient (Wildman–Crippen LogP) is 3.08. The zero-order valence-electron chi connectivity index (χ0n) is 12.1. The van der Waals surface area contributed by atoms with Crippen molar-refractivity contribution in [3.8, 4) is 0 Å². The number of benzene rings is 2. The van der Waals surface area contributed by atoms with Crippen molar-refractivity contribution in [2.24, 2.45) is 5.73 Å². The van der Waals surface area contributed by atoms with Crippen LogP contribution in [0.5, 0.6) is 0 Å². The lowest BCUT2D eigenvalue weighted by Gasteiger charge is -2.43. The minimum absolute atomic E-state index is 0.00361. The van der Waals surface area contributed by atoms with Gasteiger partial charge in [0.25, 0.3) is 0 Å². The fourth-order valence-electron chi connectivity index (χ4n) is 2.84. The van der Waals surface area contributed by atoms with E-state index in [4.69, 9.17) is 10.5 Å². The molecule has 0 unspecified atom stereocenters. The molecule has 3 rings (SSSR count). The molecule has 104 valence electrons. The Balaban J connectivity index is 2.08. The lowest BCUT2D eigenvalue weighted by atomic mass is 9.72. The Morgan fingerprint density at radius 2 is 1.75 bits per heavy atom. The smallest absolute Gasteiger partial charge is 0.0669 e. The first-order valence-electron chi connectivity index (χ1n) is 7.11. The van der Waals surface area contributed by atoms with E-state index in [1.807, 2.05) is 0 Å². The molecular formula is C18H21NO. The largest absolute Gasteiger partial charge is 0.379 e. The number of nitrogens with two attached hydrogens (primary N) is 1. The quantitative estimate of drug-likeness (QED) is 0.927. The van der Waals surface area contributed by atoms with Crippen molar-refractivity contribution in [2.45, 2.75) is 25.8 Å². The highest BCUT2D eigenvalue weighted by Gasteiger charge is 2.42. The van der Waals surface area contributed by atoms with E-state index in [-0.39, 0.29) is 5.41 Å². The molecule has 0 aromatic heterocycles. The van der Waals surface area contributed by atoms with Gasteiger partial charge >= 0.3 is 0 Å². The van der Waals surface area contributed by atoms with E-state index in [1.165, 1.54) is 27.8 Å². The van der Waals surface area contributed by atoms with Crippen LogP contribution in [-0.2, 0) is 16.7 Å². The molecule has 0 radical (unpaired) electrons. The monoisotopic (exact) mass is 267 g/mol. The first kappa shape index (κ1) is 13.3. The molecule has 1 aliphatic rings. The van der Waals surface area contributed by atoms with Crippen LogP contribution >= 0.6 is 0 Å². The normalized spacial score (nSPS) is 16.8. The highest BCUT2D eigenvalue weighted by Crippen LogP contribution is 2.40. The van der Waals surface area contributed by atoms with Crippen LogP contribution in [0.1, 0.15) is 27.8 Å². The highest BCUT2D eigenvalue weighted by molar-refractivity contribution is 5.45. The Morgan fingerprint density at radius 3 is 2.35 bits per heavy atom. The Kier molecular flexibility index (Phi) is 3.36. The Morgan fingerprint density at radius 1 is 1.00 bits per heavy atom. The first-order valence-corrected chi connectivity index (χ1v) is 7.11. The third-order valence-corrected chi connectivity index (χ3v) is 4.47. The molecule has 0 amide bonds. The lowest BCUT2D eigenvalue weighted by Crippen LogP contribution is -2.47. The molecule has 2 nitrogen and oxygen atoms in total. The van der Waals surface area contributed by atoms with Gasteiger partial charge in [-0.1, -0.05) is 42.5 Å². The van der Waals surface area contributed by atoms with Crippen LogP contribution in [0.25, 0.3) is 0 Å². The second kappa shape index (κ2) is 5.04. The topological polar surface area (TPSA) is 35.2 Å². The van der Waals surface area contributed by atoms with Gasteiger partial charge in [-0.05, 0) is 41.7 Å². The van der Waals surface area contributed by atoms with Crippen molar-refractivity contribution in [2.75, 3.05) is 13.2 Å². The molecule has 0 aliphatic carbocycles. The molecule has 0 bridgehead atoms. The van der Waals surface area contributed by atoms with Crippen LogP contribution in [0.4, 0.5) is 0 Å². The summed E-state index contributed by atoms with van der Waals surface area (Å²) < 4.78 is 5.56. The number of aryl methyl sites for hydroxylation is 2. The molecular weight excluding hydrogens is 246 g/mol. The predicted molar refractivity (Wildman–Crippen MR) is 81.8 cm³/mol. The maximum absolute atomic E-state index is 5.77. The summed E-state index contributed by atoms with van der Waals surface area (Å²) in [4.78, 5) is 0. The Labute approximate surface area is 120 Å². The van der Waals surface area contributed by atoms with E-state index in [9.17, 15) is 0 Å². The molecule has 0 spiro atoms. The molecule has 0 saturated carbocycles. The standard InChI is InChI=1S/C18H21NO/c1-13-6-7-17(8-14(13)2)18(11-20-12-18)16-5-3-4-15(9-16)10-19/h3-9H,10-12,19H2,1-2H3. The summed E-state index contributed by atoms with van der Waals surface area (Å²) in [5.74, 6) is 0. The van der Waals surface area contributed by atoms with Gasteiger partial charge < -0.3 is 10.5 Å². The average Bonchev–Trinajstić information content (AvgIpc) is 2.42. The van der Waals surface area contributed by atoms with Crippen molar-refractivity contribution in [3.05, 3.63) is 70.3 Å². The lowest BCUT2D eigenvalue weighted by molar-refractivity contribution is -0.0380. The highest BCUT2D eigenvalue weighted by atomic mass is 16.5.